The molecule has 2 bridgehead atoms. The Hall–Kier alpha value is -0.410. The number of hydrogen-bond donors (Lipinski definition) is 0. The van der Waals surface area contributed by atoms with Gasteiger partial charge in [-0.2, -0.15) is 0 Å². The zero-order valence-corrected chi connectivity index (χ0v) is 7.20. The van der Waals surface area contributed by atoms with Crippen LogP contribution in [-0.2, 0) is 4.74 Å². The second-order valence-electron chi connectivity index (χ2n) is 4.09. The van der Waals surface area contributed by atoms with Crippen molar-refractivity contribution < 1.29 is 4.74 Å². The van der Waals surface area contributed by atoms with Gasteiger partial charge in [-0.05, 0) is 31.8 Å². The monoisotopic (exact) mass is 166 g/mol. The quantitative estimate of drug-likeness (QED) is 0.524. The molecule has 1 unspecified atom stereocenters. The van der Waals surface area contributed by atoms with Crippen molar-refractivity contribution >= 4 is 6.21 Å². The van der Waals surface area contributed by atoms with E-state index in [9.17, 15) is 0 Å². The zero-order chi connectivity index (χ0) is 8.02. The van der Waals surface area contributed by atoms with E-state index in [1.165, 1.54) is 25.9 Å². The number of ether oxygens (including phenoxy) is 1. The molecule has 12 heavy (non-hydrogen) atoms. The lowest BCUT2D eigenvalue weighted by molar-refractivity contribution is -0.0925. The van der Waals surface area contributed by atoms with Crippen molar-refractivity contribution in [1.29, 1.82) is 0 Å². The minimum absolute atomic E-state index is 0.0243. The van der Waals surface area contributed by atoms with Gasteiger partial charge >= 0.3 is 0 Å². The van der Waals surface area contributed by atoms with Crippen LogP contribution in [0, 0.1) is 5.92 Å². The van der Waals surface area contributed by atoms with Crippen LogP contribution >= 0.6 is 0 Å². The summed E-state index contributed by atoms with van der Waals surface area (Å²) in [5.41, 5.74) is 0.0243. The molecule has 0 aromatic carbocycles. The fourth-order valence-electron chi connectivity index (χ4n) is 2.75. The fraction of sp³-hybridized carbons (Fsp3) is 0.889. The van der Waals surface area contributed by atoms with Gasteiger partial charge in [0.25, 0.3) is 0 Å². The Morgan fingerprint density at radius 2 is 2.25 bits per heavy atom. The molecule has 4 rings (SSSR count). The molecule has 66 valence electrons. The Balaban J connectivity index is 1.91. The van der Waals surface area contributed by atoms with E-state index in [0.29, 0.717) is 6.73 Å². The van der Waals surface area contributed by atoms with E-state index in [4.69, 9.17) is 4.74 Å². The van der Waals surface area contributed by atoms with Gasteiger partial charge in [-0.3, -0.25) is 4.99 Å². The molecule has 4 aliphatic rings. The summed E-state index contributed by atoms with van der Waals surface area (Å²) in [4.78, 5) is 6.70. The third kappa shape index (κ3) is 0.808. The molecule has 4 heterocycles. The molecule has 0 aromatic heterocycles. The molecule has 0 amide bonds. The van der Waals surface area contributed by atoms with Gasteiger partial charge in [-0.25, -0.2) is 0 Å². The van der Waals surface area contributed by atoms with Crippen molar-refractivity contribution in [1.82, 2.24) is 4.90 Å². The first-order chi connectivity index (χ1) is 5.89. The van der Waals surface area contributed by atoms with Crippen LogP contribution in [0.4, 0.5) is 0 Å². The third-order valence-corrected chi connectivity index (χ3v) is 3.47. The molecule has 0 aliphatic carbocycles. The number of nitrogens with zero attached hydrogens (tertiary/aromatic N) is 2. The molecule has 0 aromatic rings. The molecule has 0 saturated carbocycles. The van der Waals surface area contributed by atoms with E-state index in [-0.39, 0.29) is 5.60 Å². The molecule has 3 heteroatoms. The van der Waals surface area contributed by atoms with Gasteiger partial charge in [-0.15, -0.1) is 0 Å². The molecule has 0 N–H and O–H groups in total. The molecular weight excluding hydrogens is 152 g/mol. The Kier molecular flexibility index (Phi) is 1.35. The van der Waals surface area contributed by atoms with Crippen molar-refractivity contribution in [2.75, 3.05) is 26.4 Å². The highest BCUT2D eigenvalue weighted by Crippen LogP contribution is 2.38. The highest BCUT2D eigenvalue weighted by Gasteiger charge is 2.48. The average molecular weight is 166 g/mol. The van der Waals surface area contributed by atoms with E-state index in [1.54, 1.807) is 0 Å². The number of aliphatic imine (C=N–C) groups is 1. The summed E-state index contributed by atoms with van der Waals surface area (Å²) in [6, 6.07) is 0. The Morgan fingerprint density at radius 1 is 1.42 bits per heavy atom. The first-order valence-electron chi connectivity index (χ1n) is 4.76. The number of rotatable bonds is 0. The van der Waals surface area contributed by atoms with Gasteiger partial charge in [0.2, 0.25) is 0 Å². The molecule has 3 saturated heterocycles. The van der Waals surface area contributed by atoms with Crippen molar-refractivity contribution in [3.8, 4) is 0 Å². The van der Waals surface area contributed by atoms with Crippen LogP contribution in [0.15, 0.2) is 4.99 Å². The molecular formula is C9H14N2O. The second-order valence-corrected chi connectivity index (χ2v) is 4.09. The maximum atomic E-state index is 5.75. The average Bonchev–Trinajstić information content (AvgIpc) is 2.55. The summed E-state index contributed by atoms with van der Waals surface area (Å²) in [5, 5.41) is 0. The molecule has 0 radical (unpaired) electrons. The van der Waals surface area contributed by atoms with Gasteiger partial charge in [0.1, 0.15) is 12.3 Å². The lowest BCUT2D eigenvalue weighted by Gasteiger charge is -2.49. The van der Waals surface area contributed by atoms with Gasteiger partial charge in [0.15, 0.2) is 0 Å². The fourth-order valence-corrected chi connectivity index (χ4v) is 2.75. The molecule has 1 spiro atoms. The second kappa shape index (κ2) is 2.30. The summed E-state index contributed by atoms with van der Waals surface area (Å²) < 4.78 is 5.75. The van der Waals surface area contributed by atoms with Crippen LogP contribution < -0.4 is 0 Å². The highest BCUT2D eigenvalue weighted by atomic mass is 16.5. The van der Waals surface area contributed by atoms with Crippen molar-refractivity contribution in [2.45, 2.75) is 18.4 Å². The van der Waals surface area contributed by atoms with Gasteiger partial charge in [0, 0.05) is 12.8 Å². The van der Waals surface area contributed by atoms with Crippen molar-refractivity contribution in [3.63, 3.8) is 0 Å². The highest BCUT2D eigenvalue weighted by molar-refractivity contribution is 5.71. The molecule has 4 aliphatic heterocycles. The van der Waals surface area contributed by atoms with E-state index < -0.39 is 0 Å². The first-order valence-corrected chi connectivity index (χ1v) is 4.76. The summed E-state index contributed by atoms with van der Waals surface area (Å²) in [6.07, 6.45) is 4.65. The lowest BCUT2D eigenvalue weighted by Crippen LogP contribution is -2.60. The lowest BCUT2D eigenvalue weighted by atomic mass is 9.76. The van der Waals surface area contributed by atoms with Crippen LogP contribution in [-0.4, -0.2) is 43.1 Å². The third-order valence-electron chi connectivity index (χ3n) is 3.47. The predicted molar refractivity (Wildman–Crippen MR) is 46.3 cm³/mol. The summed E-state index contributed by atoms with van der Waals surface area (Å²) in [7, 11) is 0. The van der Waals surface area contributed by atoms with Crippen LogP contribution in [0.3, 0.4) is 0 Å². The Labute approximate surface area is 72.4 Å². The number of piperidine rings is 3. The maximum Gasteiger partial charge on any atom is 0.138 e. The Bertz CT molecular complexity index is 221. The van der Waals surface area contributed by atoms with Crippen LogP contribution in [0.5, 0.6) is 0 Å². The smallest absolute Gasteiger partial charge is 0.138 e. The summed E-state index contributed by atoms with van der Waals surface area (Å²) in [5.74, 6) is 0.744. The molecule has 3 fully saturated rings. The number of hydrogen-bond acceptors (Lipinski definition) is 3. The Morgan fingerprint density at radius 3 is 2.75 bits per heavy atom. The van der Waals surface area contributed by atoms with E-state index in [0.717, 1.165) is 12.5 Å². The van der Waals surface area contributed by atoms with Crippen LogP contribution in [0.2, 0.25) is 0 Å². The van der Waals surface area contributed by atoms with E-state index >= 15 is 0 Å². The van der Waals surface area contributed by atoms with Gasteiger partial charge in [0.05, 0.1) is 0 Å². The maximum absolute atomic E-state index is 5.75. The van der Waals surface area contributed by atoms with Gasteiger partial charge in [-0.1, -0.05) is 0 Å². The van der Waals surface area contributed by atoms with E-state index in [2.05, 4.69) is 16.1 Å². The van der Waals surface area contributed by atoms with E-state index in [1.807, 2.05) is 0 Å². The molecule has 1 atom stereocenters. The summed E-state index contributed by atoms with van der Waals surface area (Å²) >= 11 is 0. The predicted octanol–water partition coefficient (Wildman–Crippen LogP) is 0.509. The van der Waals surface area contributed by atoms with Crippen molar-refractivity contribution in [3.05, 3.63) is 0 Å². The first kappa shape index (κ1) is 7.04. The normalized spacial score (nSPS) is 50.7. The van der Waals surface area contributed by atoms with Crippen LogP contribution in [0.1, 0.15) is 12.8 Å². The minimum atomic E-state index is 0.0243. The number of fused-ring (bicyclic) bond motifs is 2. The molecule has 3 nitrogen and oxygen atoms in total. The van der Waals surface area contributed by atoms with Crippen molar-refractivity contribution in [2.24, 2.45) is 10.9 Å². The van der Waals surface area contributed by atoms with Gasteiger partial charge < -0.3 is 9.64 Å². The van der Waals surface area contributed by atoms with Crippen LogP contribution in [0.25, 0.3) is 0 Å². The SMILES string of the molecule is C1=NCOC12CN1CCC2CC1. The summed E-state index contributed by atoms with van der Waals surface area (Å²) in [6.45, 7) is 4.21. The standard InChI is InChI=1S/C9H14N2O/c1-3-11-4-2-8(1)9(6-11)5-10-7-12-9/h5,8H,1-4,6-7H2. The largest absolute Gasteiger partial charge is 0.346 e. The topological polar surface area (TPSA) is 24.8 Å². The zero-order valence-electron chi connectivity index (χ0n) is 7.20. The minimum Gasteiger partial charge on any atom is -0.346 e.